The second-order valence-electron chi connectivity index (χ2n) is 3.84. The molecule has 0 saturated heterocycles. The van der Waals surface area contributed by atoms with Crippen molar-refractivity contribution < 1.29 is 17.2 Å². The van der Waals surface area contributed by atoms with E-state index >= 15 is 0 Å². The van der Waals surface area contributed by atoms with Gasteiger partial charge in [-0.15, -0.1) is 0 Å². The summed E-state index contributed by atoms with van der Waals surface area (Å²) in [6.07, 6.45) is 0. The Bertz CT molecular complexity index is 798. The Hall–Kier alpha value is -2.46. The summed E-state index contributed by atoms with van der Waals surface area (Å²) in [6, 6.07) is 9.58. The Kier molecular flexibility index (Phi) is 3.68. The van der Waals surface area contributed by atoms with Gasteiger partial charge in [0.05, 0.1) is 11.3 Å². The minimum Gasteiger partial charge on any atom is -0.279 e. The van der Waals surface area contributed by atoms with Crippen molar-refractivity contribution in [2.24, 2.45) is 0 Å². The maximum atomic E-state index is 13.5. The number of nitrogens with one attached hydrogen (secondary N) is 1. The van der Waals surface area contributed by atoms with Crippen molar-refractivity contribution in [1.29, 1.82) is 5.26 Å². The van der Waals surface area contributed by atoms with Crippen LogP contribution in [0.2, 0.25) is 0 Å². The molecule has 2 aromatic rings. The largest absolute Gasteiger partial charge is 0.279 e. The van der Waals surface area contributed by atoms with Gasteiger partial charge in [-0.25, -0.2) is 17.2 Å². The highest BCUT2D eigenvalue weighted by atomic mass is 32.2. The first kappa shape index (κ1) is 14.0. The molecular weight excluding hydrogens is 286 g/mol. The summed E-state index contributed by atoms with van der Waals surface area (Å²) >= 11 is 0. The SMILES string of the molecule is N#Cc1cc(NS(=O)(=O)c2ccccc2F)ccc1F. The van der Waals surface area contributed by atoms with E-state index in [0.29, 0.717) is 0 Å². The molecule has 0 saturated carbocycles. The van der Waals surface area contributed by atoms with Gasteiger partial charge in [0.2, 0.25) is 0 Å². The Morgan fingerprint density at radius 1 is 1.05 bits per heavy atom. The molecule has 4 nitrogen and oxygen atoms in total. The Labute approximate surface area is 114 Å². The minimum atomic E-state index is -4.14. The summed E-state index contributed by atoms with van der Waals surface area (Å²) in [7, 11) is -4.14. The summed E-state index contributed by atoms with van der Waals surface area (Å²) in [6.45, 7) is 0. The number of sulfonamides is 1. The summed E-state index contributed by atoms with van der Waals surface area (Å²) < 4.78 is 52.6. The molecule has 2 rings (SSSR count). The van der Waals surface area contributed by atoms with Crippen LogP contribution in [0, 0.1) is 23.0 Å². The van der Waals surface area contributed by atoms with Crippen molar-refractivity contribution in [3.05, 3.63) is 59.7 Å². The van der Waals surface area contributed by atoms with Gasteiger partial charge in [-0.3, -0.25) is 4.72 Å². The Balaban J connectivity index is 2.39. The van der Waals surface area contributed by atoms with Gasteiger partial charge in [-0.05, 0) is 30.3 Å². The van der Waals surface area contributed by atoms with Crippen molar-refractivity contribution in [2.45, 2.75) is 4.90 Å². The third-order valence-electron chi connectivity index (χ3n) is 2.47. The van der Waals surface area contributed by atoms with E-state index in [1.807, 2.05) is 0 Å². The van der Waals surface area contributed by atoms with Gasteiger partial charge in [0.25, 0.3) is 10.0 Å². The number of anilines is 1. The fraction of sp³-hybridized carbons (Fsp3) is 0. The normalized spacial score (nSPS) is 10.8. The van der Waals surface area contributed by atoms with Crippen LogP contribution in [0.25, 0.3) is 0 Å². The van der Waals surface area contributed by atoms with E-state index < -0.39 is 26.6 Å². The molecule has 0 fully saturated rings. The monoisotopic (exact) mass is 294 g/mol. The van der Waals surface area contributed by atoms with Crippen molar-refractivity contribution in [3.63, 3.8) is 0 Å². The zero-order valence-corrected chi connectivity index (χ0v) is 10.8. The number of nitrogens with zero attached hydrogens (tertiary/aromatic N) is 1. The molecule has 0 heterocycles. The molecule has 0 amide bonds. The highest BCUT2D eigenvalue weighted by molar-refractivity contribution is 7.92. The third-order valence-corrected chi connectivity index (χ3v) is 3.88. The van der Waals surface area contributed by atoms with Crippen LogP contribution in [0.5, 0.6) is 0 Å². The zero-order chi connectivity index (χ0) is 14.8. The van der Waals surface area contributed by atoms with Gasteiger partial charge in [0, 0.05) is 0 Å². The summed E-state index contributed by atoms with van der Waals surface area (Å²) in [4.78, 5) is -0.525. The van der Waals surface area contributed by atoms with E-state index in [-0.39, 0.29) is 11.3 Å². The van der Waals surface area contributed by atoms with Crippen molar-refractivity contribution in [2.75, 3.05) is 4.72 Å². The van der Waals surface area contributed by atoms with Crippen molar-refractivity contribution in [1.82, 2.24) is 0 Å². The number of nitriles is 1. The molecule has 0 atom stereocenters. The molecule has 1 N–H and O–H groups in total. The number of benzene rings is 2. The van der Waals surface area contributed by atoms with E-state index in [1.165, 1.54) is 12.1 Å². The molecule has 7 heteroatoms. The second-order valence-corrected chi connectivity index (χ2v) is 5.49. The highest BCUT2D eigenvalue weighted by Gasteiger charge is 2.19. The minimum absolute atomic E-state index is 0.0220. The van der Waals surface area contributed by atoms with Crippen molar-refractivity contribution in [3.8, 4) is 6.07 Å². The smallest absolute Gasteiger partial charge is 0.264 e. The maximum absolute atomic E-state index is 13.5. The van der Waals surface area contributed by atoms with Crippen LogP contribution in [-0.2, 0) is 10.0 Å². The van der Waals surface area contributed by atoms with E-state index in [1.54, 1.807) is 6.07 Å². The van der Waals surface area contributed by atoms with Gasteiger partial charge < -0.3 is 0 Å². The van der Waals surface area contributed by atoms with E-state index in [0.717, 1.165) is 30.3 Å². The molecule has 102 valence electrons. The number of hydrogen-bond donors (Lipinski definition) is 1. The average Bonchev–Trinajstić information content (AvgIpc) is 2.41. The van der Waals surface area contributed by atoms with Crippen LogP contribution in [0.3, 0.4) is 0 Å². The maximum Gasteiger partial charge on any atom is 0.264 e. The molecule has 2 aromatic carbocycles. The standard InChI is InChI=1S/C13H8F2N2O2S/c14-11-6-5-10(7-9(11)8-16)17-20(18,19)13-4-2-1-3-12(13)15/h1-7,17H. The van der Waals surface area contributed by atoms with Gasteiger partial charge in [0.1, 0.15) is 22.6 Å². The number of halogens is 2. The van der Waals surface area contributed by atoms with Crippen molar-refractivity contribution >= 4 is 15.7 Å². The van der Waals surface area contributed by atoms with Crippen LogP contribution >= 0.6 is 0 Å². The molecule has 0 aromatic heterocycles. The summed E-state index contributed by atoms with van der Waals surface area (Å²) in [5.41, 5.74) is -0.329. The first-order valence-corrected chi connectivity index (χ1v) is 6.89. The topological polar surface area (TPSA) is 70.0 Å². The summed E-state index contributed by atoms with van der Waals surface area (Å²) in [5, 5.41) is 8.68. The van der Waals surface area contributed by atoms with Crippen LogP contribution < -0.4 is 4.72 Å². The third kappa shape index (κ3) is 2.75. The number of rotatable bonds is 3. The second kappa shape index (κ2) is 5.27. The molecule has 0 spiro atoms. The van der Waals surface area contributed by atoms with Crippen LogP contribution in [0.15, 0.2) is 47.4 Å². The lowest BCUT2D eigenvalue weighted by atomic mass is 10.2. The van der Waals surface area contributed by atoms with Gasteiger partial charge in [-0.1, -0.05) is 12.1 Å². The Morgan fingerprint density at radius 3 is 2.40 bits per heavy atom. The van der Waals surface area contributed by atoms with E-state index in [4.69, 9.17) is 5.26 Å². The predicted molar refractivity (Wildman–Crippen MR) is 68.3 cm³/mol. The predicted octanol–water partition coefficient (Wildman–Crippen LogP) is 2.64. The molecule has 0 aliphatic carbocycles. The van der Waals surface area contributed by atoms with E-state index in [9.17, 15) is 17.2 Å². The lowest BCUT2D eigenvalue weighted by Crippen LogP contribution is -2.14. The molecule has 20 heavy (non-hydrogen) atoms. The molecule has 0 aliphatic heterocycles. The fourth-order valence-electron chi connectivity index (χ4n) is 1.55. The van der Waals surface area contributed by atoms with Crippen LogP contribution in [0.4, 0.5) is 14.5 Å². The first-order valence-electron chi connectivity index (χ1n) is 5.41. The Morgan fingerprint density at radius 2 is 1.75 bits per heavy atom. The molecule has 0 radical (unpaired) electrons. The summed E-state index contributed by atoms with van der Waals surface area (Å²) in [5.74, 6) is -1.66. The molecule has 0 aliphatic rings. The molecule has 0 unspecified atom stereocenters. The van der Waals surface area contributed by atoms with Gasteiger partial charge in [-0.2, -0.15) is 5.26 Å². The van der Waals surface area contributed by atoms with E-state index in [2.05, 4.69) is 4.72 Å². The molecular formula is C13H8F2N2O2S. The lowest BCUT2D eigenvalue weighted by Gasteiger charge is -2.09. The first-order chi connectivity index (χ1) is 9.44. The average molecular weight is 294 g/mol. The quantitative estimate of drug-likeness (QED) is 0.946. The molecule has 0 bridgehead atoms. The van der Waals surface area contributed by atoms with Gasteiger partial charge >= 0.3 is 0 Å². The van der Waals surface area contributed by atoms with Crippen LogP contribution in [-0.4, -0.2) is 8.42 Å². The zero-order valence-electron chi connectivity index (χ0n) is 9.97. The fourth-order valence-corrected chi connectivity index (χ4v) is 2.68. The van der Waals surface area contributed by atoms with Gasteiger partial charge in [0.15, 0.2) is 0 Å². The highest BCUT2D eigenvalue weighted by Crippen LogP contribution is 2.20. The number of hydrogen-bond acceptors (Lipinski definition) is 3. The van der Waals surface area contributed by atoms with Crippen LogP contribution in [0.1, 0.15) is 5.56 Å². The lowest BCUT2D eigenvalue weighted by molar-refractivity contribution is 0.570.